The summed E-state index contributed by atoms with van der Waals surface area (Å²) >= 11 is 0. The Labute approximate surface area is 103 Å². The molecule has 0 radical (unpaired) electrons. The van der Waals surface area contributed by atoms with Crippen LogP contribution in [0.1, 0.15) is 24.5 Å². The zero-order valence-corrected chi connectivity index (χ0v) is 11.3. The van der Waals surface area contributed by atoms with E-state index in [-0.39, 0.29) is 5.78 Å². The number of anilines is 1. The third-order valence-electron chi connectivity index (χ3n) is 2.81. The van der Waals surface area contributed by atoms with Gasteiger partial charge in [-0.15, -0.1) is 0 Å². The number of ketones is 1. The van der Waals surface area contributed by atoms with Gasteiger partial charge in [0.05, 0.1) is 12.8 Å². The minimum absolute atomic E-state index is 0.209. The van der Waals surface area contributed by atoms with Crippen LogP contribution in [0, 0.1) is 13.8 Å². The summed E-state index contributed by atoms with van der Waals surface area (Å²) in [6.45, 7) is 6.45. The molecule has 94 valence electrons. The molecule has 17 heavy (non-hydrogen) atoms. The molecule has 1 rings (SSSR count). The second-order valence-electron chi connectivity index (χ2n) is 4.51. The zero-order chi connectivity index (χ0) is 13.0. The molecule has 0 aromatic heterocycles. The SMILES string of the molecule is COc1cc(C)cc(C)c1N(C)CCC(C)=O. The average molecular weight is 235 g/mol. The number of methoxy groups -OCH3 is 1. The summed E-state index contributed by atoms with van der Waals surface area (Å²) < 4.78 is 5.41. The van der Waals surface area contributed by atoms with E-state index < -0.39 is 0 Å². The first-order chi connectivity index (χ1) is 7.95. The maximum Gasteiger partial charge on any atom is 0.142 e. The molecule has 1 aromatic carbocycles. The van der Waals surface area contributed by atoms with Crippen molar-refractivity contribution in [3.8, 4) is 5.75 Å². The van der Waals surface area contributed by atoms with Gasteiger partial charge in [-0.05, 0) is 38.0 Å². The van der Waals surface area contributed by atoms with Crippen molar-refractivity contribution < 1.29 is 9.53 Å². The van der Waals surface area contributed by atoms with Gasteiger partial charge in [0, 0.05) is 20.0 Å². The molecule has 0 saturated heterocycles. The van der Waals surface area contributed by atoms with E-state index in [9.17, 15) is 4.79 Å². The van der Waals surface area contributed by atoms with Gasteiger partial charge in [-0.2, -0.15) is 0 Å². The van der Waals surface area contributed by atoms with Crippen molar-refractivity contribution in [2.75, 3.05) is 25.6 Å². The summed E-state index contributed by atoms with van der Waals surface area (Å²) in [5, 5.41) is 0. The van der Waals surface area contributed by atoms with E-state index in [0.717, 1.165) is 18.0 Å². The van der Waals surface area contributed by atoms with Gasteiger partial charge in [-0.25, -0.2) is 0 Å². The third kappa shape index (κ3) is 3.48. The lowest BCUT2D eigenvalue weighted by atomic mass is 10.1. The highest BCUT2D eigenvalue weighted by molar-refractivity contribution is 5.76. The van der Waals surface area contributed by atoms with Gasteiger partial charge in [-0.1, -0.05) is 6.07 Å². The monoisotopic (exact) mass is 235 g/mol. The number of benzene rings is 1. The van der Waals surface area contributed by atoms with Crippen molar-refractivity contribution in [3.05, 3.63) is 23.3 Å². The Hall–Kier alpha value is -1.51. The van der Waals surface area contributed by atoms with Crippen LogP contribution in [0.3, 0.4) is 0 Å². The first kappa shape index (κ1) is 13.6. The van der Waals surface area contributed by atoms with Gasteiger partial charge in [-0.3, -0.25) is 4.79 Å². The molecule has 0 heterocycles. The zero-order valence-electron chi connectivity index (χ0n) is 11.3. The highest BCUT2D eigenvalue weighted by Gasteiger charge is 2.12. The topological polar surface area (TPSA) is 29.5 Å². The lowest BCUT2D eigenvalue weighted by Crippen LogP contribution is -2.22. The summed E-state index contributed by atoms with van der Waals surface area (Å²) in [6.07, 6.45) is 0.562. The van der Waals surface area contributed by atoms with Crippen LogP contribution in [0.2, 0.25) is 0 Å². The van der Waals surface area contributed by atoms with Gasteiger partial charge in [0.2, 0.25) is 0 Å². The molecule has 0 fully saturated rings. The van der Waals surface area contributed by atoms with Gasteiger partial charge < -0.3 is 9.64 Å². The van der Waals surface area contributed by atoms with Crippen LogP contribution in [0.15, 0.2) is 12.1 Å². The number of Topliss-reactive ketones (excluding diaryl/α,β-unsaturated/α-hetero) is 1. The number of carbonyl (C=O) groups excluding carboxylic acids is 1. The van der Waals surface area contributed by atoms with Crippen molar-refractivity contribution in [1.82, 2.24) is 0 Å². The number of aryl methyl sites for hydroxylation is 2. The van der Waals surface area contributed by atoms with Gasteiger partial charge in [0.1, 0.15) is 11.5 Å². The fraction of sp³-hybridized carbons (Fsp3) is 0.500. The fourth-order valence-corrected chi connectivity index (χ4v) is 2.00. The molecule has 0 aliphatic rings. The van der Waals surface area contributed by atoms with Crippen LogP contribution in [-0.2, 0) is 4.79 Å². The molecule has 0 N–H and O–H groups in total. The number of rotatable bonds is 5. The Morgan fingerprint density at radius 2 is 2.00 bits per heavy atom. The molecular formula is C14H21NO2. The van der Waals surface area contributed by atoms with Crippen LogP contribution in [0.5, 0.6) is 5.75 Å². The summed E-state index contributed by atoms with van der Waals surface area (Å²) in [4.78, 5) is 13.1. The largest absolute Gasteiger partial charge is 0.495 e. The Morgan fingerprint density at radius 1 is 1.35 bits per heavy atom. The first-order valence-electron chi connectivity index (χ1n) is 5.81. The smallest absolute Gasteiger partial charge is 0.142 e. The van der Waals surface area contributed by atoms with Crippen LogP contribution >= 0.6 is 0 Å². The second kappa shape index (κ2) is 5.71. The van der Waals surface area contributed by atoms with Crippen LogP contribution in [0.4, 0.5) is 5.69 Å². The highest BCUT2D eigenvalue weighted by atomic mass is 16.5. The highest BCUT2D eigenvalue weighted by Crippen LogP contribution is 2.32. The van der Waals surface area contributed by atoms with Crippen LogP contribution in [-0.4, -0.2) is 26.5 Å². The van der Waals surface area contributed by atoms with Crippen LogP contribution < -0.4 is 9.64 Å². The van der Waals surface area contributed by atoms with Gasteiger partial charge in [0.25, 0.3) is 0 Å². The average Bonchev–Trinajstić information content (AvgIpc) is 2.24. The van der Waals surface area contributed by atoms with Crippen molar-refractivity contribution in [3.63, 3.8) is 0 Å². The Balaban J connectivity index is 2.99. The normalized spacial score (nSPS) is 10.2. The van der Waals surface area contributed by atoms with Gasteiger partial charge >= 0.3 is 0 Å². The number of hydrogen-bond acceptors (Lipinski definition) is 3. The standard InChI is InChI=1S/C14H21NO2/c1-10-8-11(2)14(13(9-10)17-5)15(4)7-6-12(3)16/h8-9H,6-7H2,1-5H3. The molecule has 0 unspecified atom stereocenters. The minimum atomic E-state index is 0.209. The fourth-order valence-electron chi connectivity index (χ4n) is 2.00. The molecule has 0 bridgehead atoms. The maximum atomic E-state index is 11.0. The lowest BCUT2D eigenvalue weighted by Gasteiger charge is -2.24. The molecule has 0 atom stereocenters. The minimum Gasteiger partial charge on any atom is -0.495 e. The molecule has 3 heteroatoms. The summed E-state index contributed by atoms with van der Waals surface area (Å²) in [5.74, 6) is 1.08. The lowest BCUT2D eigenvalue weighted by molar-refractivity contribution is -0.116. The van der Waals surface area contributed by atoms with E-state index in [1.165, 1.54) is 11.1 Å². The molecule has 0 amide bonds. The van der Waals surface area contributed by atoms with E-state index in [0.29, 0.717) is 6.42 Å². The Kier molecular flexibility index (Phi) is 4.55. The predicted octanol–water partition coefficient (Wildman–Crippen LogP) is 2.73. The maximum absolute atomic E-state index is 11.0. The van der Waals surface area contributed by atoms with Crippen molar-refractivity contribution >= 4 is 11.5 Å². The molecule has 1 aromatic rings. The molecule has 0 aliphatic carbocycles. The van der Waals surface area contributed by atoms with Crippen molar-refractivity contribution in [2.24, 2.45) is 0 Å². The van der Waals surface area contributed by atoms with Gasteiger partial charge in [0.15, 0.2) is 0 Å². The number of nitrogens with zero attached hydrogens (tertiary/aromatic N) is 1. The summed E-state index contributed by atoms with van der Waals surface area (Å²) in [6, 6.07) is 4.15. The van der Waals surface area contributed by atoms with Crippen molar-refractivity contribution in [1.29, 1.82) is 0 Å². The van der Waals surface area contributed by atoms with E-state index in [4.69, 9.17) is 4.74 Å². The molecule has 0 spiro atoms. The predicted molar refractivity (Wildman–Crippen MR) is 71.0 cm³/mol. The number of carbonyl (C=O) groups is 1. The van der Waals surface area contributed by atoms with E-state index in [2.05, 4.69) is 24.8 Å². The number of ether oxygens (including phenoxy) is 1. The van der Waals surface area contributed by atoms with E-state index in [1.54, 1.807) is 14.0 Å². The van der Waals surface area contributed by atoms with E-state index >= 15 is 0 Å². The molecule has 3 nitrogen and oxygen atoms in total. The number of hydrogen-bond donors (Lipinski definition) is 0. The Bertz CT molecular complexity index is 413. The first-order valence-corrected chi connectivity index (χ1v) is 5.81. The summed E-state index contributed by atoms with van der Waals surface area (Å²) in [5.41, 5.74) is 3.43. The third-order valence-corrected chi connectivity index (χ3v) is 2.81. The Morgan fingerprint density at radius 3 is 2.53 bits per heavy atom. The molecule has 0 saturated carbocycles. The molecular weight excluding hydrogens is 214 g/mol. The quantitative estimate of drug-likeness (QED) is 0.786. The summed E-state index contributed by atoms with van der Waals surface area (Å²) in [7, 11) is 3.67. The molecule has 0 aliphatic heterocycles. The second-order valence-corrected chi connectivity index (χ2v) is 4.51. The van der Waals surface area contributed by atoms with Crippen LogP contribution in [0.25, 0.3) is 0 Å². The van der Waals surface area contributed by atoms with E-state index in [1.807, 2.05) is 13.1 Å². The van der Waals surface area contributed by atoms with Crippen molar-refractivity contribution in [2.45, 2.75) is 27.2 Å².